The molecule has 176 valence electrons. The fourth-order valence-corrected chi connectivity index (χ4v) is 5.35. The largest absolute Gasteiger partial charge is 0.390 e. The van der Waals surface area contributed by atoms with Crippen molar-refractivity contribution in [2.24, 2.45) is 5.41 Å². The normalized spacial score (nSPS) is 16.6. The van der Waals surface area contributed by atoms with Crippen molar-refractivity contribution >= 4 is 0 Å². The first-order chi connectivity index (χ1) is 13.7. The predicted octanol–water partition coefficient (Wildman–Crippen LogP) is 8.58. The third kappa shape index (κ3) is 14.5. The maximum absolute atomic E-state index is 11.3. The van der Waals surface area contributed by atoms with E-state index in [2.05, 4.69) is 41.5 Å². The van der Waals surface area contributed by atoms with Gasteiger partial charge in [0.05, 0.1) is 11.2 Å². The average Bonchev–Trinajstić information content (AvgIpc) is 2.61. The highest BCUT2D eigenvalue weighted by atomic mass is 16.3. The summed E-state index contributed by atoms with van der Waals surface area (Å²) in [5, 5.41) is 22.6. The van der Waals surface area contributed by atoms with Crippen molar-refractivity contribution in [3.05, 3.63) is 0 Å². The third-order valence-electron chi connectivity index (χ3n) is 6.77. The van der Waals surface area contributed by atoms with Gasteiger partial charge >= 0.3 is 0 Å². The first-order valence-corrected chi connectivity index (χ1v) is 13.1. The molecule has 2 unspecified atom stereocenters. The second-order valence-corrected chi connectivity index (χ2v) is 10.7. The van der Waals surface area contributed by atoms with E-state index in [0.717, 1.165) is 51.4 Å². The molecule has 0 aromatic heterocycles. The summed E-state index contributed by atoms with van der Waals surface area (Å²) < 4.78 is 0. The van der Waals surface area contributed by atoms with Crippen LogP contribution in [-0.2, 0) is 0 Å². The Hall–Kier alpha value is -0.0800. The molecule has 29 heavy (non-hydrogen) atoms. The molecular weight excluding hydrogens is 356 g/mol. The van der Waals surface area contributed by atoms with E-state index in [-0.39, 0.29) is 5.41 Å². The van der Waals surface area contributed by atoms with Crippen molar-refractivity contribution in [2.45, 2.75) is 168 Å². The molecule has 2 nitrogen and oxygen atoms in total. The summed E-state index contributed by atoms with van der Waals surface area (Å²) in [4.78, 5) is 0. The minimum absolute atomic E-state index is 0.0652. The number of hydrogen-bond donors (Lipinski definition) is 2. The molecule has 0 spiro atoms. The lowest BCUT2D eigenvalue weighted by Crippen LogP contribution is -2.41. The Balaban J connectivity index is 5.46. The molecule has 2 N–H and O–H groups in total. The minimum atomic E-state index is -0.618. The molecule has 0 aliphatic rings. The molecule has 0 radical (unpaired) electrons. The molecule has 0 saturated carbocycles. The van der Waals surface area contributed by atoms with Gasteiger partial charge in [-0.2, -0.15) is 0 Å². The van der Waals surface area contributed by atoms with E-state index in [1.54, 1.807) is 0 Å². The van der Waals surface area contributed by atoms with Gasteiger partial charge in [-0.15, -0.1) is 0 Å². The first kappa shape index (κ1) is 28.9. The van der Waals surface area contributed by atoms with Crippen molar-refractivity contribution in [1.82, 2.24) is 0 Å². The van der Waals surface area contributed by atoms with Gasteiger partial charge in [-0.1, -0.05) is 105 Å². The molecule has 0 rings (SSSR count). The molecule has 2 atom stereocenters. The molecular formula is C27H56O2. The van der Waals surface area contributed by atoms with Crippen LogP contribution in [0.15, 0.2) is 0 Å². The third-order valence-corrected chi connectivity index (χ3v) is 6.77. The Morgan fingerprint density at radius 3 is 1.00 bits per heavy atom. The van der Waals surface area contributed by atoms with E-state index in [4.69, 9.17) is 0 Å². The van der Waals surface area contributed by atoms with Gasteiger partial charge in [-0.3, -0.25) is 0 Å². The van der Waals surface area contributed by atoms with E-state index in [0.29, 0.717) is 0 Å². The van der Waals surface area contributed by atoms with Crippen LogP contribution in [0.4, 0.5) is 0 Å². The highest BCUT2D eigenvalue weighted by Crippen LogP contribution is 2.47. The summed E-state index contributed by atoms with van der Waals surface area (Å²) in [5.41, 5.74) is -1.17. The van der Waals surface area contributed by atoms with Gasteiger partial charge in [0.2, 0.25) is 0 Å². The summed E-state index contributed by atoms with van der Waals surface area (Å²) >= 11 is 0. The Labute approximate surface area is 184 Å². The molecule has 0 aromatic rings. The predicted molar refractivity (Wildman–Crippen MR) is 129 cm³/mol. The van der Waals surface area contributed by atoms with Crippen LogP contribution in [0.1, 0.15) is 157 Å². The van der Waals surface area contributed by atoms with Crippen LogP contribution in [0.5, 0.6) is 0 Å². The molecule has 0 aromatic carbocycles. The van der Waals surface area contributed by atoms with Crippen LogP contribution < -0.4 is 0 Å². The number of unbranched alkanes of at least 4 members (excludes halogenated alkanes) is 8. The van der Waals surface area contributed by atoms with Crippen LogP contribution in [0, 0.1) is 5.41 Å². The van der Waals surface area contributed by atoms with Gasteiger partial charge in [0.15, 0.2) is 0 Å². The maximum atomic E-state index is 11.3. The molecule has 2 heteroatoms. The van der Waals surface area contributed by atoms with Gasteiger partial charge in [-0.05, 0) is 57.8 Å². The van der Waals surface area contributed by atoms with Crippen molar-refractivity contribution in [3.63, 3.8) is 0 Å². The molecule has 0 fully saturated rings. The standard InChI is InChI=1S/C27H56O2/c1-7-11-15-19-25(5,28)23-27(21-17-13-9-3,22-18-14-10-4)24-26(6,29)20-16-12-8-2/h28-29H,7-24H2,1-6H3. The Morgan fingerprint density at radius 2 is 0.724 bits per heavy atom. The summed E-state index contributed by atoms with van der Waals surface area (Å²) in [6, 6.07) is 0. The lowest BCUT2D eigenvalue weighted by atomic mass is 9.64. The van der Waals surface area contributed by atoms with Crippen LogP contribution in [-0.4, -0.2) is 21.4 Å². The quantitative estimate of drug-likeness (QED) is 0.197. The van der Waals surface area contributed by atoms with Crippen LogP contribution >= 0.6 is 0 Å². The monoisotopic (exact) mass is 412 g/mol. The topological polar surface area (TPSA) is 40.5 Å². The van der Waals surface area contributed by atoms with Crippen molar-refractivity contribution in [2.75, 3.05) is 0 Å². The second kappa shape index (κ2) is 15.7. The summed E-state index contributed by atoms with van der Waals surface area (Å²) in [6.07, 6.45) is 20.2. The fraction of sp³-hybridized carbons (Fsp3) is 1.00. The van der Waals surface area contributed by atoms with Gasteiger partial charge in [0, 0.05) is 0 Å². The van der Waals surface area contributed by atoms with Gasteiger partial charge < -0.3 is 10.2 Å². The van der Waals surface area contributed by atoms with Gasteiger partial charge in [-0.25, -0.2) is 0 Å². The molecule has 0 amide bonds. The van der Waals surface area contributed by atoms with Crippen LogP contribution in [0.25, 0.3) is 0 Å². The zero-order valence-corrected chi connectivity index (χ0v) is 21.1. The van der Waals surface area contributed by atoms with Crippen molar-refractivity contribution < 1.29 is 10.2 Å². The van der Waals surface area contributed by atoms with Crippen LogP contribution in [0.2, 0.25) is 0 Å². The average molecular weight is 413 g/mol. The van der Waals surface area contributed by atoms with E-state index in [1.807, 2.05) is 0 Å². The highest BCUT2D eigenvalue weighted by molar-refractivity contribution is 4.93. The lowest BCUT2D eigenvalue weighted by molar-refractivity contribution is -0.0591. The molecule has 0 bridgehead atoms. The molecule has 0 heterocycles. The lowest BCUT2D eigenvalue weighted by Gasteiger charge is -2.44. The minimum Gasteiger partial charge on any atom is -0.390 e. The maximum Gasteiger partial charge on any atom is 0.0625 e. The van der Waals surface area contributed by atoms with Gasteiger partial charge in [0.25, 0.3) is 0 Å². The van der Waals surface area contributed by atoms with E-state index >= 15 is 0 Å². The first-order valence-electron chi connectivity index (χ1n) is 13.1. The number of aliphatic hydroxyl groups is 2. The highest BCUT2D eigenvalue weighted by Gasteiger charge is 2.41. The molecule has 0 aliphatic heterocycles. The summed E-state index contributed by atoms with van der Waals surface area (Å²) in [7, 11) is 0. The van der Waals surface area contributed by atoms with E-state index < -0.39 is 11.2 Å². The molecule has 0 aliphatic carbocycles. The van der Waals surface area contributed by atoms with Crippen molar-refractivity contribution in [3.8, 4) is 0 Å². The van der Waals surface area contributed by atoms with Crippen molar-refractivity contribution in [1.29, 1.82) is 0 Å². The zero-order valence-electron chi connectivity index (χ0n) is 21.1. The Bertz CT molecular complexity index is 337. The SMILES string of the molecule is CCCCCC(C)(O)CC(CCCCC)(CCCCC)CC(C)(O)CCCCC. The van der Waals surface area contributed by atoms with E-state index in [9.17, 15) is 10.2 Å². The Kier molecular flexibility index (Phi) is 15.6. The second-order valence-electron chi connectivity index (χ2n) is 10.7. The zero-order chi connectivity index (χ0) is 22.2. The summed E-state index contributed by atoms with van der Waals surface area (Å²) in [5.74, 6) is 0. The fourth-order valence-electron chi connectivity index (χ4n) is 5.35. The smallest absolute Gasteiger partial charge is 0.0625 e. The van der Waals surface area contributed by atoms with E-state index in [1.165, 1.54) is 64.2 Å². The Morgan fingerprint density at radius 1 is 0.448 bits per heavy atom. The van der Waals surface area contributed by atoms with Gasteiger partial charge in [0.1, 0.15) is 0 Å². The van der Waals surface area contributed by atoms with Crippen LogP contribution in [0.3, 0.4) is 0 Å². The number of hydrogen-bond acceptors (Lipinski definition) is 2. The number of rotatable bonds is 20. The summed E-state index contributed by atoms with van der Waals surface area (Å²) in [6.45, 7) is 13.1. The molecule has 0 saturated heterocycles.